The zero-order valence-corrected chi connectivity index (χ0v) is 8.90. The molecule has 0 atom stereocenters. The summed E-state index contributed by atoms with van der Waals surface area (Å²) in [6, 6.07) is 2.84. The highest BCUT2D eigenvalue weighted by Crippen LogP contribution is 2.42. The molecular formula is C11H11F2NO3. The largest absolute Gasteiger partial charge is 0.477 e. The monoisotopic (exact) mass is 243 g/mol. The maximum absolute atomic E-state index is 12.6. The van der Waals surface area contributed by atoms with Gasteiger partial charge in [-0.15, -0.1) is 0 Å². The molecule has 0 amide bonds. The number of rotatable bonds is 4. The van der Waals surface area contributed by atoms with Gasteiger partial charge in [-0.25, -0.2) is 18.6 Å². The Morgan fingerprint density at radius 3 is 2.88 bits per heavy atom. The molecule has 2 rings (SSSR count). The number of aromatic nitrogens is 1. The second kappa shape index (κ2) is 4.27. The van der Waals surface area contributed by atoms with Crippen LogP contribution in [-0.4, -0.2) is 28.6 Å². The van der Waals surface area contributed by atoms with Crippen LogP contribution < -0.4 is 4.74 Å². The van der Waals surface area contributed by atoms with E-state index in [1.54, 1.807) is 0 Å². The highest BCUT2D eigenvalue weighted by Gasteiger charge is 2.45. The van der Waals surface area contributed by atoms with Gasteiger partial charge in [0, 0.05) is 25.0 Å². The van der Waals surface area contributed by atoms with Crippen LogP contribution in [0.3, 0.4) is 0 Å². The Hall–Kier alpha value is -1.72. The van der Waals surface area contributed by atoms with Gasteiger partial charge in [-0.2, -0.15) is 0 Å². The number of ether oxygens (including phenoxy) is 1. The molecule has 0 aliphatic heterocycles. The topological polar surface area (TPSA) is 59.4 Å². The summed E-state index contributed by atoms with van der Waals surface area (Å²) in [5.41, 5.74) is -0.0569. The summed E-state index contributed by atoms with van der Waals surface area (Å²) in [4.78, 5) is 14.6. The predicted octanol–water partition coefficient (Wildman–Crippen LogP) is 2.20. The van der Waals surface area contributed by atoms with Crippen molar-refractivity contribution >= 4 is 5.97 Å². The van der Waals surface area contributed by atoms with Gasteiger partial charge < -0.3 is 9.84 Å². The van der Waals surface area contributed by atoms with Crippen molar-refractivity contribution in [1.82, 2.24) is 4.98 Å². The highest BCUT2D eigenvalue weighted by atomic mass is 19.3. The molecule has 1 aromatic rings. The van der Waals surface area contributed by atoms with Crippen LogP contribution in [0.15, 0.2) is 18.3 Å². The van der Waals surface area contributed by atoms with E-state index in [-0.39, 0.29) is 36.8 Å². The van der Waals surface area contributed by atoms with E-state index in [4.69, 9.17) is 9.84 Å². The standard InChI is InChI=1S/C11H11F2NO3/c12-11(13)4-7(5-11)6-17-9-8(10(15)16)2-1-3-14-9/h1-3,7H,4-6H2,(H,15,16). The van der Waals surface area contributed by atoms with Crippen LogP contribution >= 0.6 is 0 Å². The van der Waals surface area contributed by atoms with Crippen molar-refractivity contribution in [2.75, 3.05) is 6.61 Å². The molecule has 0 spiro atoms. The number of alkyl halides is 2. The fourth-order valence-electron chi connectivity index (χ4n) is 1.77. The minimum absolute atomic E-state index is 0.0183. The first kappa shape index (κ1) is 11.8. The van der Waals surface area contributed by atoms with E-state index in [1.165, 1.54) is 18.3 Å². The molecule has 6 heteroatoms. The molecule has 1 aliphatic rings. The Kier molecular flexibility index (Phi) is 2.95. The summed E-state index contributed by atoms with van der Waals surface area (Å²) >= 11 is 0. The number of carboxylic acid groups (broad SMARTS) is 1. The number of hydrogen-bond acceptors (Lipinski definition) is 3. The van der Waals surface area contributed by atoms with Crippen LogP contribution in [0.1, 0.15) is 23.2 Å². The van der Waals surface area contributed by atoms with Crippen LogP contribution in [0.2, 0.25) is 0 Å². The van der Waals surface area contributed by atoms with E-state index in [2.05, 4.69) is 4.98 Å². The number of nitrogens with zero attached hydrogens (tertiary/aromatic N) is 1. The fourth-order valence-corrected chi connectivity index (χ4v) is 1.77. The van der Waals surface area contributed by atoms with Crippen molar-refractivity contribution in [2.24, 2.45) is 5.92 Å². The van der Waals surface area contributed by atoms with Gasteiger partial charge in [-0.1, -0.05) is 0 Å². The molecule has 1 heterocycles. The Balaban J connectivity index is 1.93. The van der Waals surface area contributed by atoms with Gasteiger partial charge in [0.15, 0.2) is 0 Å². The predicted molar refractivity (Wildman–Crippen MR) is 54.4 cm³/mol. The van der Waals surface area contributed by atoms with E-state index in [9.17, 15) is 13.6 Å². The van der Waals surface area contributed by atoms with Crippen molar-refractivity contribution in [3.63, 3.8) is 0 Å². The van der Waals surface area contributed by atoms with Crippen molar-refractivity contribution in [3.8, 4) is 5.88 Å². The molecule has 0 radical (unpaired) electrons. The van der Waals surface area contributed by atoms with E-state index >= 15 is 0 Å². The first-order valence-corrected chi connectivity index (χ1v) is 5.17. The maximum atomic E-state index is 12.6. The van der Waals surface area contributed by atoms with E-state index in [1.807, 2.05) is 0 Å². The first-order valence-electron chi connectivity index (χ1n) is 5.17. The van der Waals surface area contributed by atoms with Crippen LogP contribution in [0.5, 0.6) is 5.88 Å². The quantitative estimate of drug-likeness (QED) is 0.880. The number of hydrogen-bond donors (Lipinski definition) is 1. The van der Waals surface area contributed by atoms with Crippen molar-refractivity contribution in [3.05, 3.63) is 23.9 Å². The van der Waals surface area contributed by atoms with Crippen LogP contribution in [0.4, 0.5) is 8.78 Å². The van der Waals surface area contributed by atoms with Crippen LogP contribution in [0.25, 0.3) is 0 Å². The number of carboxylic acids is 1. The summed E-state index contributed by atoms with van der Waals surface area (Å²) < 4.78 is 30.3. The molecule has 17 heavy (non-hydrogen) atoms. The summed E-state index contributed by atoms with van der Waals surface area (Å²) in [6.07, 6.45) is 0.988. The van der Waals surface area contributed by atoms with Gasteiger partial charge >= 0.3 is 5.97 Å². The second-order valence-electron chi connectivity index (χ2n) is 4.10. The first-order chi connectivity index (χ1) is 7.98. The molecule has 0 aromatic carbocycles. The number of aromatic carboxylic acids is 1. The highest BCUT2D eigenvalue weighted by molar-refractivity contribution is 5.90. The molecule has 1 aliphatic carbocycles. The van der Waals surface area contributed by atoms with Gasteiger partial charge in [-0.3, -0.25) is 0 Å². The normalized spacial score (nSPS) is 18.5. The molecule has 0 saturated heterocycles. The third kappa shape index (κ3) is 2.69. The van der Waals surface area contributed by atoms with Gasteiger partial charge in [0.25, 0.3) is 0 Å². The van der Waals surface area contributed by atoms with E-state index in [0.29, 0.717) is 0 Å². The molecule has 4 nitrogen and oxygen atoms in total. The molecule has 1 saturated carbocycles. The summed E-state index contributed by atoms with van der Waals surface area (Å²) in [5.74, 6) is -3.98. The fraction of sp³-hybridized carbons (Fsp3) is 0.455. The lowest BCUT2D eigenvalue weighted by atomic mass is 9.82. The number of pyridine rings is 1. The van der Waals surface area contributed by atoms with Gasteiger partial charge in [0.1, 0.15) is 5.56 Å². The molecule has 1 N–H and O–H groups in total. The van der Waals surface area contributed by atoms with Gasteiger partial charge in [0.05, 0.1) is 6.61 Å². The Bertz CT molecular complexity index is 428. The Morgan fingerprint density at radius 2 is 2.29 bits per heavy atom. The molecule has 1 aromatic heterocycles. The lowest BCUT2D eigenvalue weighted by Gasteiger charge is -2.34. The minimum atomic E-state index is -2.59. The number of halogens is 2. The SMILES string of the molecule is O=C(O)c1cccnc1OCC1CC(F)(F)C1. The van der Waals surface area contributed by atoms with Crippen LogP contribution in [-0.2, 0) is 0 Å². The number of carbonyl (C=O) groups is 1. The summed E-state index contributed by atoms with van der Waals surface area (Å²) in [6.45, 7) is 0.0763. The van der Waals surface area contributed by atoms with Crippen molar-refractivity contribution < 1.29 is 23.4 Å². The maximum Gasteiger partial charge on any atom is 0.341 e. The third-order valence-corrected chi connectivity index (χ3v) is 2.63. The lowest BCUT2D eigenvalue weighted by Crippen LogP contribution is -2.38. The Morgan fingerprint density at radius 1 is 1.59 bits per heavy atom. The average molecular weight is 243 g/mol. The summed E-state index contributed by atoms with van der Waals surface area (Å²) in [5, 5.41) is 8.85. The smallest absolute Gasteiger partial charge is 0.341 e. The molecular weight excluding hydrogens is 232 g/mol. The summed E-state index contributed by atoms with van der Waals surface area (Å²) in [7, 11) is 0. The Labute approximate surface area is 96.2 Å². The molecule has 1 fully saturated rings. The van der Waals surface area contributed by atoms with Gasteiger partial charge in [0.2, 0.25) is 11.8 Å². The van der Waals surface area contributed by atoms with Gasteiger partial charge in [-0.05, 0) is 12.1 Å². The zero-order chi connectivity index (χ0) is 12.5. The average Bonchev–Trinajstić information content (AvgIpc) is 2.23. The molecule has 92 valence electrons. The minimum Gasteiger partial charge on any atom is -0.477 e. The van der Waals surface area contributed by atoms with E-state index in [0.717, 1.165) is 0 Å². The van der Waals surface area contributed by atoms with Crippen molar-refractivity contribution in [1.29, 1.82) is 0 Å². The van der Waals surface area contributed by atoms with Crippen LogP contribution in [0, 0.1) is 5.92 Å². The van der Waals surface area contributed by atoms with E-state index < -0.39 is 11.9 Å². The van der Waals surface area contributed by atoms with Crippen molar-refractivity contribution in [2.45, 2.75) is 18.8 Å². The zero-order valence-electron chi connectivity index (χ0n) is 8.90. The molecule has 0 bridgehead atoms. The molecule has 0 unspecified atom stereocenters. The third-order valence-electron chi connectivity index (χ3n) is 2.63. The second-order valence-corrected chi connectivity index (χ2v) is 4.10. The lowest BCUT2D eigenvalue weighted by molar-refractivity contribution is -0.119.